The number of aromatic nitrogens is 3. The van der Waals surface area contributed by atoms with Crippen LogP contribution in [0.2, 0.25) is 5.02 Å². The maximum atomic E-state index is 5.92. The molecule has 0 fully saturated rings. The standard InChI is InChI=1S/C20H19ClN4O2S/c1-3-10-27-18-9-6-16(11-19(18)26-2)12-23-25-14-22-24-20(25)28-13-15-4-7-17(21)8-5-15/h3-9,11-12,14H,1,10,13H2,2H3/b23-12-. The highest BCUT2D eigenvalue weighted by atomic mass is 35.5. The lowest BCUT2D eigenvalue weighted by Gasteiger charge is -2.09. The maximum absolute atomic E-state index is 5.92. The summed E-state index contributed by atoms with van der Waals surface area (Å²) >= 11 is 7.46. The minimum atomic E-state index is 0.415. The fraction of sp³-hybridized carbons (Fsp3) is 0.150. The molecule has 0 aliphatic heterocycles. The van der Waals surface area contributed by atoms with Crippen molar-refractivity contribution in [3.05, 3.63) is 77.6 Å². The van der Waals surface area contributed by atoms with E-state index in [1.54, 1.807) is 42.2 Å². The van der Waals surface area contributed by atoms with Crippen LogP contribution in [0, 0.1) is 0 Å². The van der Waals surface area contributed by atoms with Crippen molar-refractivity contribution in [1.82, 2.24) is 14.9 Å². The van der Waals surface area contributed by atoms with Crippen molar-refractivity contribution in [2.24, 2.45) is 5.10 Å². The van der Waals surface area contributed by atoms with Gasteiger partial charge in [-0.3, -0.25) is 0 Å². The van der Waals surface area contributed by atoms with Crippen molar-refractivity contribution in [3.63, 3.8) is 0 Å². The average Bonchev–Trinajstić information content (AvgIpc) is 3.18. The molecule has 0 saturated carbocycles. The topological polar surface area (TPSA) is 61.5 Å². The van der Waals surface area contributed by atoms with Crippen LogP contribution in [0.1, 0.15) is 11.1 Å². The average molecular weight is 415 g/mol. The Kier molecular flexibility index (Phi) is 7.11. The molecule has 0 N–H and O–H groups in total. The van der Waals surface area contributed by atoms with Gasteiger partial charge in [-0.15, -0.1) is 10.2 Å². The van der Waals surface area contributed by atoms with E-state index in [4.69, 9.17) is 21.1 Å². The quantitative estimate of drug-likeness (QED) is 0.289. The largest absolute Gasteiger partial charge is 0.493 e. The van der Waals surface area contributed by atoms with E-state index in [1.807, 2.05) is 42.5 Å². The monoisotopic (exact) mass is 414 g/mol. The van der Waals surface area contributed by atoms with Gasteiger partial charge in [0.05, 0.1) is 13.3 Å². The van der Waals surface area contributed by atoms with E-state index in [9.17, 15) is 0 Å². The molecule has 0 bridgehead atoms. The molecule has 3 rings (SSSR count). The Bertz CT molecular complexity index is 957. The number of benzene rings is 2. The minimum Gasteiger partial charge on any atom is -0.493 e. The number of hydrogen-bond acceptors (Lipinski definition) is 6. The van der Waals surface area contributed by atoms with Crippen LogP contribution in [-0.2, 0) is 5.75 Å². The summed E-state index contributed by atoms with van der Waals surface area (Å²) in [5.41, 5.74) is 2.01. The molecular formula is C20H19ClN4O2S. The van der Waals surface area contributed by atoms with Crippen LogP contribution < -0.4 is 9.47 Å². The lowest BCUT2D eigenvalue weighted by Crippen LogP contribution is -1.97. The molecule has 1 aromatic heterocycles. The summed E-state index contributed by atoms with van der Waals surface area (Å²) in [5.74, 6) is 2.03. The minimum absolute atomic E-state index is 0.415. The number of hydrogen-bond donors (Lipinski definition) is 0. The van der Waals surface area contributed by atoms with Crippen molar-refractivity contribution in [3.8, 4) is 11.5 Å². The van der Waals surface area contributed by atoms with Crippen LogP contribution in [0.15, 0.2) is 71.7 Å². The van der Waals surface area contributed by atoms with Gasteiger partial charge in [0.25, 0.3) is 0 Å². The summed E-state index contributed by atoms with van der Waals surface area (Å²) in [6, 6.07) is 13.3. The van der Waals surface area contributed by atoms with E-state index in [1.165, 1.54) is 0 Å². The molecule has 6 nitrogen and oxygen atoms in total. The second-order valence-electron chi connectivity index (χ2n) is 5.63. The van der Waals surface area contributed by atoms with Crippen LogP contribution in [0.3, 0.4) is 0 Å². The highest BCUT2D eigenvalue weighted by Crippen LogP contribution is 2.27. The van der Waals surface area contributed by atoms with E-state index in [-0.39, 0.29) is 0 Å². The summed E-state index contributed by atoms with van der Waals surface area (Å²) in [6.07, 6.45) is 4.97. The molecule has 3 aromatic rings. The van der Waals surface area contributed by atoms with Gasteiger partial charge >= 0.3 is 0 Å². The van der Waals surface area contributed by atoms with Crippen LogP contribution in [0.4, 0.5) is 0 Å². The molecule has 0 spiro atoms. The van der Waals surface area contributed by atoms with Gasteiger partial charge < -0.3 is 9.47 Å². The zero-order valence-electron chi connectivity index (χ0n) is 15.3. The molecule has 144 valence electrons. The van der Waals surface area contributed by atoms with Crippen molar-refractivity contribution in [2.45, 2.75) is 10.9 Å². The van der Waals surface area contributed by atoms with Gasteiger partial charge in [-0.05, 0) is 41.5 Å². The van der Waals surface area contributed by atoms with Crippen molar-refractivity contribution in [1.29, 1.82) is 0 Å². The van der Waals surface area contributed by atoms with Crippen LogP contribution in [0.5, 0.6) is 11.5 Å². The molecule has 1 heterocycles. The van der Waals surface area contributed by atoms with E-state index in [0.717, 1.165) is 21.9 Å². The van der Waals surface area contributed by atoms with E-state index < -0.39 is 0 Å². The third kappa shape index (κ3) is 5.37. The fourth-order valence-electron chi connectivity index (χ4n) is 2.28. The molecule has 0 aliphatic carbocycles. The molecular weight excluding hydrogens is 396 g/mol. The predicted octanol–water partition coefficient (Wildman–Crippen LogP) is 4.68. The van der Waals surface area contributed by atoms with Gasteiger partial charge in [-0.1, -0.05) is 48.2 Å². The Hall–Kier alpha value is -2.77. The van der Waals surface area contributed by atoms with Gasteiger partial charge in [-0.2, -0.15) is 9.78 Å². The van der Waals surface area contributed by atoms with Gasteiger partial charge in [0, 0.05) is 10.8 Å². The Balaban J connectivity index is 1.68. The Morgan fingerprint density at radius 3 is 2.79 bits per heavy atom. The number of thioether (sulfide) groups is 1. The van der Waals surface area contributed by atoms with Gasteiger partial charge in [0.2, 0.25) is 5.16 Å². The molecule has 0 unspecified atom stereocenters. The third-order valence-corrected chi connectivity index (χ3v) is 4.91. The first-order chi connectivity index (χ1) is 13.7. The first-order valence-electron chi connectivity index (χ1n) is 8.43. The Labute approximate surface area is 172 Å². The number of nitrogens with zero attached hydrogens (tertiary/aromatic N) is 4. The lowest BCUT2D eigenvalue weighted by molar-refractivity contribution is 0.326. The number of halogens is 1. The van der Waals surface area contributed by atoms with Crippen molar-refractivity contribution >= 4 is 29.6 Å². The summed E-state index contributed by atoms with van der Waals surface area (Å²) in [6.45, 7) is 4.06. The summed E-state index contributed by atoms with van der Waals surface area (Å²) in [5, 5.41) is 13.9. The molecule has 28 heavy (non-hydrogen) atoms. The zero-order valence-corrected chi connectivity index (χ0v) is 16.9. The maximum Gasteiger partial charge on any atom is 0.212 e. The second-order valence-corrected chi connectivity index (χ2v) is 7.01. The van der Waals surface area contributed by atoms with Gasteiger partial charge in [0.15, 0.2) is 11.5 Å². The molecule has 8 heteroatoms. The van der Waals surface area contributed by atoms with Crippen LogP contribution in [-0.4, -0.2) is 34.8 Å². The first kappa shape index (κ1) is 20.0. The normalized spacial score (nSPS) is 10.9. The van der Waals surface area contributed by atoms with Crippen molar-refractivity contribution < 1.29 is 9.47 Å². The van der Waals surface area contributed by atoms with Crippen molar-refractivity contribution in [2.75, 3.05) is 13.7 Å². The third-order valence-electron chi connectivity index (χ3n) is 3.66. The van der Waals surface area contributed by atoms with Crippen LogP contribution >= 0.6 is 23.4 Å². The molecule has 0 saturated heterocycles. The SMILES string of the molecule is C=CCOc1ccc(/C=N\n2cnnc2SCc2ccc(Cl)cc2)cc1OC. The Morgan fingerprint density at radius 2 is 2.04 bits per heavy atom. The highest BCUT2D eigenvalue weighted by molar-refractivity contribution is 7.98. The summed E-state index contributed by atoms with van der Waals surface area (Å²) in [4.78, 5) is 0. The summed E-state index contributed by atoms with van der Waals surface area (Å²) < 4.78 is 12.6. The fourth-order valence-corrected chi connectivity index (χ4v) is 3.23. The molecule has 0 amide bonds. The highest BCUT2D eigenvalue weighted by Gasteiger charge is 2.06. The number of rotatable bonds is 9. The zero-order chi connectivity index (χ0) is 19.8. The van der Waals surface area contributed by atoms with Gasteiger partial charge in [-0.25, -0.2) is 0 Å². The summed E-state index contributed by atoms with van der Waals surface area (Å²) in [7, 11) is 1.60. The number of ether oxygens (including phenoxy) is 2. The van der Waals surface area contributed by atoms with Crippen LogP contribution in [0.25, 0.3) is 0 Å². The lowest BCUT2D eigenvalue weighted by atomic mass is 10.2. The Morgan fingerprint density at radius 1 is 1.21 bits per heavy atom. The van der Waals surface area contributed by atoms with E-state index >= 15 is 0 Å². The first-order valence-corrected chi connectivity index (χ1v) is 9.79. The predicted molar refractivity (Wildman–Crippen MR) is 113 cm³/mol. The molecule has 0 aliphatic rings. The second kappa shape index (κ2) is 9.96. The molecule has 0 radical (unpaired) electrons. The van der Waals surface area contributed by atoms with E-state index in [0.29, 0.717) is 23.3 Å². The molecule has 0 atom stereocenters. The molecule has 2 aromatic carbocycles. The van der Waals surface area contributed by atoms with Gasteiger partial charge in [0.1, 0.15) is 12.9 Å². The van der Waals surface area contributed by atoms with E-state index in [2.05, 4.69) is 21.9 Å². The number of methoxy groups -OCH3 is 1. The smallest absolute Gasteiger partial charge is 0.212 e.